The standard InChI is InChI=1S/C21H22N4O/c1-21(2,3)14-9-10-17-15(11-14)16(19(26)25-20(22)23)12-18(24-17)13-7-5-4-6-8-13/h4-12H,1-3H3,(H4,22,23,25,26). The fraction of sp³-hybridized carbons (Fsp3) is 0.190. The Morgan fingerprint density at radius 2 is 1.77 bits per heavy atom. The van der Waals surface area contributed by atoms with E-state index in [2.05, 4.69) is 26.1 Å². The van der Waals surface area contributed by atoms with E-state index in [0.29, 0.717) is 11.3 Å². The number of carbonyl (C=O) groups excluding carboxylic acids is 1. The molecule has 0 spiro atoms. The van der Waals surface area contributed by atoms with E-state index in [0.717, 1.165) is 22.0 Å². The summed E-state index contributed by atoms with van der Waals surface area (Å²) in [5.74, 6) is -0.790. The third-order valence-electron chi connectivity index (χ3n) is 4.24. The molecule has 0 saturated heterocycles. The van der Waals surface area contributed by atoms with Gasteiger partial charge in [0.1, 0.15) is 0 Å². The highest BCUT2D eigenvalue weighted by atomic mass is 16.1. The molecule has 2 aromatic carbocycles. The molecule has 0 saturated carbocycles. The maximum absolute atomic E-state index is 12.7. The highest BCUT2D eigenvalue weighted by Gasteiger charge is 2.19. The quantitative estimate of drug-likeness (QED) is 0.486. The van der Waals surface area contributed by atoms with Gasteiger partial charge in [0.2, 0.25) is 0 Å². The molecule has 0 fully saturated rings. The average Bonchev–Trinajstić information content (AvgIpc) is 2.59. The van der Waals surface area contributed by atoms with Gasteiger partial charge in [-0.2, -0.15) is 0 Å². The summed E-state index contributed by atoms with van der Waals surface area (Å²) in [6.07, 6.45) is 0. The van der Waals surface area contributed by atoms with E-state index in [1.54, 1.807) is 6.07 Å². The molecule has 0 aliphatic rings. The zero-order valence-electron chi connectivity index (χ0n) is 15.1. The number of aromatic nitrogens is 1. The Hall–Kier alpha value is -3.21. The Labute approximate surface area is 152 Å². The van der Waals surface area contributed by atoms with Gasteiger partial charge < -0.3 is 5.73 Å². The van der Waals surface area contributed by atoms with E-state index in [1.807, 2.05) is 48.5 Å². The van der Waals surface area contributed by atoms with Gasteiger partial charge in [-0.15, -0.1) is 0 Å². The van der Waals surface area contributed by atoms with Crippen LogP contribution in [-0.2, 0) is 5.41 Å². The Kier molecular flexibility index (Phi) is 4.47. The van der Waals surface area contributed by atoms with E-state index >= 15 is 0 Å². The highest BCUT2D eigenvalue weighted by Crippen LogP contribution is 2.29. The number of pyridine rings is 1. The highest BCUT2D eigenvalue weighted by molar-refractivity contribution is 6.12. The number of rotatable bonds is 2. The van der Waals surface area contributed by atoms with Gasteiger partial charge in [-0.25, -0.2) is 4.98 Å². The van der Waals surface area contributed by atoms with Crippen LogP contribution in [0.1, 0.15) is 36.7 Å². The van der Waals surface area contributed by atoms with Gasteiger partial charge in [-0.05, 0) is 29.2 Å². The molecule has 5 heteroatoms. The minimum absolute atomic E-state index is 0.0549. The first-order chi connectivity index (χ1) is 12.3. The molecule has 0 bridgehead atoms. The average molecular weight is 346 g/mol. The second-order valence-electron chi connectivity index (χ2n) is 7.27. The SMILES string of the molecule is CC(C)(C)c1ccc2nc(-c3ccccc3)cc(C(=O)NC(=N)N)c2c1. The summed E-state index contributed by atoms with van der Waals surface area (Å²) in [4.78, 5) is 17.4. The smallest absolute Gasteiger partial charge is 0.258 e. The van der Waals surface area contributed by atoms with Crippen molar-refractivity contribution in [2.75, 3.05) is 0 Å². The lowest BCUT2D eigenvalue weighted by molar-refractivity contribution is 0.0978. The third-order valence-corrected chi connectivity index (χ3v) is 4.24. The van der Waals surface area contributed by atoms with Crippen LogP contribution in [0.5, 0.6) is 0 Å². The Morgan fingerprint density at radius 3 is 2.38 bits per heavy atom. The predicted molar refractivity (Wildman–Crippen MR) is 105 cm³/mol. The van der Waals surface area contributed by atoms with Crippen molar-refractivity contribution < 1.29 is 4.79 Å². The molecule has 4 N–H and O–H groups in total. The van der Waals surface area contributed by atoms with Gasteiger partial charge in [0.25, 0.3) is 5.91 Å². The van der Waals surface area contributed by atoms with Crippen molar-refractivity contribution in [2.24, 2.45) is 5.73 Å². The molecule has 0 atom stereocenters. The van der Waals surface area contributed by atoms with Crippen LogP contribution < -0.4 is 11.1 Å². The molecule has 0 radical (unpaired) electrons. The second kappa shape index (κ2) is 6.59. The van der Waals surface area contributed by atoms with Crippen LogP contribution in [0.2, 0.25) is 0 Å². The zero-order valence-corrected chi connectivity index (χ0v) is 15.1. The number of nitrogens with one attached hydrogen (secondary N) is 2. The number of amides is 1. The largest absolute Gasteiger partial charge is 0.370 e. The lowest BCUT2D eigenvalue weighted by Gasteiger charge is -2.20. The number of nitrogens with two attached hydrogens (primary N) is 1. The van der Waals surface area contributed by atoms with Gasteiger partial charge in [0.05, 0.1) is 16.8 Å². The zero-order chi connectivity index (χ0) is 18.9. The number of guanidine groups is 1. The van der Waals surface area contributed by atoms with Crippen molar-refractivity contribution in [1.29, 1.82) is 5.41 Å². The van der Waals surface area contributed by atoms with Crippen LogP contribution in [0.3, 0.4) is 0 Å². The van der Waals surface area contributed by atoms with Gasteiger partial charge in [-0.3, -0.25) is 15.5 Å². The van der Waals surface area contributed by atoms with Crippen LogP contribution in [0.25, 0.3) is 22.2 Å². The molecule has 132 valence electrons. The molecule has 1 aromatic heterocycles. The fourth-order valence-corrected chi connectivity index (χ4v) is 2.83. The van der Waals surface area contributed by atoms with E-state index < -0.39 is 5.91 Å². The molecular weight excluding hydrogens is 324 g/mol. The Morgan fingerprint density at radius 1 is 1.08 bits per heavy atom. The lowest BCUT2D eigenvalue weighted by Crippen LogP contribution is -2.35. The van der Waals surface area contributed by atoms with Crippen LogP contribution in [0, 0.1) is 5.41 Å². The molecule has 3 aromatic rings. The summed E-state index contributed by atoms with van der Waals surface area (Å²) in [6, 6.07) is 17.4. The van der Waals surface area contributed by atoms with Crippen LogP contribution in [-0.4, -0.2) is 16.9 Å². The number of fused-ring (bicyclic) bond motifs is 1. The van der Waals surface area contributed by atoms with Crippen molar-refractivity contribution in [1.82, 2.24) is 10.3 Å². The number of benzene rings is 2. The maximum atomic E-state index is 12.7. The normalized spacial score (nSPS) is 11.3. The third kappa shape index (κ3) is 3.57. The first-order valence-corrected chi connectivity index (χ1v) is 8.42. The summed E-state index contributed by atoms with van der Waals surface area (Å²) in [5, 5.41) is 10.5. The van der Waals surface area contributed by atoms with E-state index in [4.69, 9.17) is 16.1 Å². The van der Waals surface area contributed by atoms with Crippen molar-refractivity contribution in [3.8, 4) is 11.3 Å². The minimum Gasteiger partial charge on any atom is -0.370 e. The van der Waals surface area contributed by atoms with Crippen molar-refractivity contribution in [3.05, 3.63) is 65.7 Å². The summed E-state index contributed by atoms with van der Waals surface area (Å²) in [7, 11) is 0. The molecule has 1 heterocycles. The monoisotopic (exact) mass is 346 g/mol. The van der Waals surface area contributed by atoms with Crippen molar-refractivity contribution in [3.63, 3.8) is 0 Å². The summed E-state index contributed by atoms with van der Waals surface area (Å²) in [5.41, 5.74) is 9.22. The minimum atomic E-state index is -0.409. The molecule has 1 amide bonds. The van der Waals surface area contributed by atoms with Crippen LogP contribution >= 0.6 is 0 Å². The van der Waals surface area contributed by atoms with Gasteiger partial charge in [0.15, 0.2) is 5.96 Å². The van der Waals surface area contributed by atoms with Gasteiger partial charge in [0, 0.05) is 10.9 Å². The summed E-state index contributed by atoms with van der Waals surface area (Å²) >= 11 is 0. The molecule has 26 heavy (non-hydrogen) atoms. The topological polar surface area (TPSA) is 91.9 Å². The molecule has 0 aliphatic heterocycles. The molecule has 5 nitrogen and oxygen atoms in total. The fourth-order valence-electron chi connectivity index (χ4n) is 2.83. The molecule has 3 rings (SSSR count). The van der Waals surface area contributed by atoms with E-state index in [1.165, 1.54) is 0 Å². The molecule has 0 unspecified atom stereocenters. The summed E-state index contributed by atoms with van der Waals surface area (Å²) < 4.78 is 0. The number of hydrogen-bond acceptors (Lipinski definition) is 3. The first-order valence-electron chi connectivity index (χ1n) is 8.42. The summed E-state index contributed by atoms with van der Waals surface area (Å²) in [6.45, 7) is 6.36. The molecular formula is C21H22N4O. The number of carbonyl (C=O) groups is 1. The Balaban J connectivity index is 2.26. The van der Waals surface area contributed by atoms with E-state index in [9.17, 15) is 4.79 Å². The molecule has 0 aliphatic carbocycles. The lowest BCUT2D eigenvalue weighted by atomic mass is 9.85. The predicted octanol–water partition coefficient (Wildman–Crippen LogP) is 3.82. The van der Waals surface area contributed by atoms with Gasteiger partial charge in [-0.1, -0.05) is 57.2 Å². The van der Waals surface area contributed by atoms with Crippen molar-refractivity contribution in [2.45, 2.75) is 26.2 Å². The number of nitrogens with zero attached hydrogens (tertiary/aromatic N) is 1. The first kappa shape index (κ1) is 17.6. The van der Waals surface area contributed by atoms with Crippen LogP contribution in [0.15, 0.2) is 54.6 Å². The second-order valence-corrected chi connectivity index (χ2v) is 7.27. The Bertz CT molecular complexity index is 988. The number of hydrogen-bond donors (Lipinski definition) is 3. The van der Waals surface area contributed by atoms with Crippen LogP contribution in [0.4, 0.5) is 0 Å². The maximum Gasteiger partial charge on any atom is 0.258 e. The van der Waals surface area contributed by atoms with Gasteiger partial charge >= 0.3 is 0 Å². The van der Waals surface area contributed by atoms with E-state index in [-0.39, 0.29) is 11.4 Å². The van der Waals surface area contributed by atoms with Crippen molar-refractivity contribution >= 4 is 22.8 Å².